The van der Waals surface area contributed by atoms with E-state index >= 15 is 0 Å². The summed E-state index contributed by atoms with van der Waals surface area (Å²) in [5.41, 5.74) is 0. The van der Waals surface area contributed by atoms with Crippen LogP contribution in [0, 0.1) is 0 Å². The Kier molecular flexibility index (Phi) is 4.66. The molecular weight excluding hydrogens is 158 g/mol. The van der Waals surface area contributed by atoms with Crippen LogP contribution in [0.5, 0.6) is 0 Å². The number of ether oxygens (including phenoxy) is 1. The van der Waals surface area contributed by atoms with Gasteiger partial charge in [0.1, 0.15) is 7.11 Å². The van der Waals surface area contributed by atoms with Crippen LogP contribution >= 0.6 is 11.6 Å². The Hall–Kier alpha value is -0.770. The number of rotatable bonds is 3. The van der Waals surface area contributed by atoms with Gasteiger partial charge < -0.3 is 9.57 Å². The fraction of sp³-hybridized carbons (Fsp3) is 0.600. The van der Waals surface area contributed by atoms with Crippen LogP contribution in [0.2, 0.25) is 0 Å². The Bertz CT molecular complexity index is 146. The fourth-order valence-corrected chi connectivity index (χ4v) is 0.432. The van der Waals surface area contributed by atoms with E-state index in [4.69, 9.17) is 11.6 Å². The molecule has 0 unspecified atom stereocenters. The zero-order valence-corrected chi connectivity index (χ0v) is 6.51. The van der Waals surface area contributed by atoms with Crippen LogP contribution in [0.3, 0.4) is 0 Å². The van der Waals surface area contributed by atoms with Gasteiger partial charge in [0.2, 0.25) is 0 Å². The highest BCUT2D eigenvalue weighted by molar-refractivity contribution is 6.81. The molecule has 0 aliphatic heterocycles. The van der Waals surface area contributed by atoms with Gasteiger partial charge in [-0.05, 0) is 6.92 Å². The predicted octanol–water partition coefficient (Wildman–Crippen LogP) is 0.748. The van der Waals surface area contributed by atoms with E-state index in [1.807, 2.05) is 0 Å². The molecule has 0 aromatic rings. The van der Waals surface area contributed by atoms with Gasteiger partial charge in [0.05, 0.1) is 6.61 Å². The van der Waals surface area contributed by atoms with E-state index in [0.717, 1.165) is 0 Å². The highest BCUT2D eigenvalue weighted by Gasteiger charge is 2.08. The second kappa shape index (κ2) is 5.05. The van der Waals surface area contributed by atoms with Crippen molar-refractivity contribution in [2.24, 2.45) is 5.16 Å². The van der Waals surface area contributed by atoms with Crippen molar-refractivity contribution in [1.82, 2.24) is 0 Å². The largest absolute Gasteiger partial charge is 0.461 e. The Morgan fingerprint density at radius 2 is 2.30 bits per heavy atom. The standard InChI is InChI=1S/C5H8ClNO3/c1-3-10-5(8)4(6)7-9-2/h3H2,1-2H3/b7-4+. The Labute approximate surface area is 63.7 Å². The van der Waals surface area contributed by atoms with Crippen LogP contribution in [0.1, 0.15) is 6.92 Å². The number of nitrogens with zero attached hydrogens (tertiary/aromatic N) is 1. The topological polar surface area (TPSA) is 47.9 Å². The lowest BCUT2D eigenvalue weighted by atomic mass is 10.7. The maximum atomic E-state index is 10.6. The highest BCUT2D eigenvalue weighted by Crippen LogP contribution is 1.90. The number of hydrogen-bond acceptors (Lipinski definition) is 4. The van der Waals surface area contributed by atoms with Gasteiger partial charge in [-0.15, -0.1) is 0 Å². The van der Waals surface area contributed by atoms with Crippen molar-refractivity contribution in [2.75, 3.05) is 13.7 Å². The molecule has 0 spiro atoms. The normalized spacial score (nSPS) is 10.9. The first-order chi connectivity index (χ1) is 4.72. The second-order valence-electron chi connectivity index (χ2n) is 1.29. The summed E-state index contributed by atoms with van der Waals surface area (Å²) >= 11 is 5.26. The number of carbonyl (C=O) groups is 1. The first-order valence-electron chi connectivity index (χ1n) is 2.66. The van der Waals surface area contributed by atoms with Gasteiger partial charge in [0.25, 0.3) is 5.17 Å². The first kappa shape index (κ1) is 9.23. The van der Waals surface area contributed by atoms with E-state index in [-0.39, 0.29) is 11.8 Å². The van der Waals surface area contributed by atoms with Crippen LogP contribution in [0.4, 0.5) is 0 Å². The van der Waals surface area contributed by atoms with Gasteiger partial charge in [-0.3, -0.25) is 0 Å². The minimum Gasteiger partial charge on any atom is -0.461 e. The quantitative estimate of drug-likeness (QED) is 0.352. The van der Waals surface area contributed by atoms with Crippen LogP contribution in [-0.4, -0.2) is 24.9 Å². The van der Waals surface area contributed by atoms with Crippen LogP contribution in [-0.2, 0) is 14.4 Å². The molecule has 5 heteroatoms. The number of esters is 1. The number of carbonyl (C=O) groups excluding carboxylic acids is 1. The minimum absolute atomic E-state index is 0.272. The molecule has 4 nitrogen and oxygen atoms in total. The van der Waals surface area contributed by atoms with Crippen molar-refractivity contribution >= 4 is 22.7 Å². The third-order valence-corrected chi connectivity index (χ3v) is 0.839. The molecule has 10 heavy (non-hydrogen) atoms. The molecule has 0 atom stereocenters. The molecule has 0 radical (unpaired) electrons. The van der Waals surface area contributed by atoms with Crippen LogP contribution < -0.4 is 0 Å². The minimum atomic E-state index is -0.675. The molecule has 0 aliphatic carbocycles. The van der Waals surface area contributed by atoms with E-state index in [1.165, 1.54) is 7.11 Å². The Morgan fingerprint density at radius 1 is 1.70 bits per heavy atom. The highest BCUT2D eigenvalue weighted by atomic mass is 35.5. The summed E-state index contributed by atoms with van der Waals surface area (Å²) in [6, 6.07) is 0. The fourth-order valence-electron chi connectivity index (χ4n) is 0.308. The molecule has 0 heterocycles. The lowest BCUT2D eigenvalue weighted by Gasteiger charge is -1.96. The lowest BCUT2D eigenvalue weighted by molar-refractivity contribution is -0.134. The van der Waals surface area contributed by atoms with Crippen molar-refractivity contribution in [3.63, 3.8) is 0 Å². The molecule has 58 valence electrons. The van der Waals surface area contributed by atoms with Gasteiger partial charge in [-0.25, -0.2) is 4.79 Å². The summed E-state index contributed by atoms with van der Waals surface area (Å²) in [4.78, 5) is 14.8. The third-order valence-electron chi connectivity index (χ3n) is 0.615. The molecule has 0 saturated carbocycles. The average molecular weight is 166 g/mol. The van der Waals surface area contributed by atoms with E-state index in [9.17, 15) is 4.79 Å². The van der Waals surface area contributed by atoms with E-state index in [1.54, 1.807) is 6.92 Å². The van der Waals surface area contributed by atoms with Gasteiger partial charge in [-0.2, -0.15) is 0 Å². The lowest BCUT2D eigenvalue weighted by Crippen LogP contribution is -2.11. The average Bonchev–Trinajstić information content (AvgIpc) is 1.89. The maximum absolute atomic E-state index is 10.6. The number of hydrogen-bond donors (Lipinski definition) is 0. The summed E-state index contributed by atoms with van der Waals surface area (Å²) in [5.74, 6) is -0.675. The second-order valence-corrected chi connectivity index (χ2v) is 1.64. The van der Waals surface area contributed by atoms with Gasteiger partial charge in [0.15, 0.2) is 0 Å². The molecular formula is C5H8ClNO3. The molecule has 0 fully saturated rings. The van der Waals surface area contributed by atoms with Crippen LogP contribution in [0.15, 0.2) is 5.16 Å². The Morgan fingerprint density at radius 3 is 2.70 bits per heavy atom. The zero-order valence-electron chi connectivity index (χ0n) is 5.76. The number of halogens is 1. The number of oxime groups is 1. The summed E-state index contributed by atoms with van der Waals surface area (Å²) in [6.45, 7) is 1.95. The SMILES string of the molecule is CCOC(=O)/C(Cl)=N\OC. The van der Waals surface area contributed by atoms with E-state index < -0.39 is 5.97 Å². The van der Waals surface area contributed by atoms with Crippen molar-refractivity contribution < 1.29 is 14.4 Å². The van der Waals surface area contributed by atoms with Gasteiger partial charge >= 0.3 is 5.97 Å². The van der Waals surface area contributed by atoms with Gasteiger partial charge in [-0.1, -0.05) is 16.8 Å². The van der Waals surface area contributed by atoms with Crippen molar-refractivity contribution in [1.29, 1.82) is 0 Å². The summed E-state index contributed by atoms with van der Waals surface area (Å²) in [5, 5.41) is 2.85. The maximum Gasteiger partial charge on any atom is 0.372 e. The third kappa shape index (κ3) is 3.29. The molecule has 0 aromatic heterocycles. The van der Waals surface area contributed by atoms with Crippen molar-refractivity contribution in [3.8, 4) is 0 Å². The molecule has 0 saturated heterocycles. The van der Waals surface area contributed by atoms with Crippen LogP contribution in [0.25, 0.3) is 0 Å². The molecule has 0 aromatic carbocycles. The predicted molar refractivity (Wildman–Crippen MR) is 36.9 cm³/mol. The van der Waals surface area contributed by atoms with Crippen molar-refractivity contribution in [3.05, 3.63) is 0 Å². The van der Waals surface area contributed by atoms with E-state index in [2.05, 4.69) is 14.7 Å². The van der Waals surface area contributed by atoms with E-state index in [0.29, 0.717) is 0 Å². The van der Waals surface area contributed by atoms with Crippen molar-refractivity contribution in [2.45, 2.75) is 6.92 Å². The summed E-state index contributed by atoms with van der Waals surface area (Å²) < 4.78 is 4.47. The summed E-state index contributed by atoms with van der Waals surface area (Å²) in [7, 11) is 1.29. The monoisotopic (exact) mass is 165 g/mol. The molecule has 0 N–H and O–H groups in total. The first-order valence-corrected chi connectivity index (χ1v) is 3.04. The van der Waals surface area contributed by atoms with Gasteiger partial charge in [0, 0.05) is 0 Å². The smallest absolute Gasteiger partial charge is 0.372 e. The molecule has 0 rings (SSSR count). The zero-order chi connectivity index (χ0) is 7.98. The summed E-state index contributed by atoms with van der Waals surface area (Å²) in [6.07, 6.45) is 0. The molecule has 0 amide bonds. The molecule has 0 aliphatic rings. The Balaban J connectivity index is 3.82. The molecule has 0 bridgehead atoms.